The number of hydrogen-bond donors (Lipinski definition) is 2. The molecule has 1 atom stereocenters. The summed E-state index contributed by atoms with van der Waals surface area (Å²) < 4.78 is 22.7. The molecule has 128 valence electrons. The van der Waals surface area contributed by atoms with Crippen LogP contribution in [0.25, 0.3) is 0 Å². The zero-order valence-electron chi connectivity index (χ0n) is 13.1. The molecule has 0 aliphatic carbocycles. The van der Waals surface area contributed by atoms with Gasteiger partial charge in [-0.25, -0.2) is 13.6 Å². The third-order valence-electron chi connectivity index (χ3n) is 4.02. The molecule has 1 aromatic carbocycles. The molecular weight excluding hydrogens is 320 g/mol. The highest BCUT2D eigenvalue weighted by Crippen LogP contribution is 2.28. The van der Waals surface area contributed by atoms with Crippen LogP contribution in [0.2, 0.25) is 0 Å². The zero-order valence-corrected chi connectivity index (χ0v) is 13.9. The van der Waals surface area contributed by atoms with E-state index >= 15 is 0 Å². The quantitative estimate of drug-likeness (QED) is 0.573. The molecule has 1 aliphatic rings. The number of primary sulfonamides is 1. The van der Waals surface area contributed by atoms with Crippen LogP contribution >= 0.6 is 0 Å². The maximum Gasteiger partial charge on any atom is 0.293 e. The van der Waals surface area contributed by atoms with Crippen LogP contribution in [0, 0.1) is 10.1 Å². The Hall–Kier alpha value is -1.71. The lowest BCUT2D eigenvalue weighted by Crippen LogP contribution is -2.34. The summed E-state index contributed by atoms with van der Waals surface area (Å²) in [5.41, 5.74) is 0.0323. The van der Waals surface area contributed by atoms with Gasteiger partial charge in [-0.15, -0.1) is 0 Å². The van der Waals surface area contributed by atoms with Crippen molar-refractivity contribution in [1.82, 2.24) is 4.90 Å². The molecule has 0 amide bonds. The number of rotatable bonds is 7. The number of likely N-dealkylation sites (tertiary alicyclic amines) is 1. The van der Waals surface area contributed by atoms with Gasteiger partial charge in [0.25, 0.3) is 5.69 Å². The van der Waals surface area contributed by atoms with E-state index in [4.69, 9.17) is 5.14 Å². The van der Waals surface area contributed by atoms with Gasteiger partial charge in [-0.3, -0.25) is 10.1 Å². The highest BCUT2D eigenvalue weighted by Gasteiger charge is 2.22. The molecule has 1 aromatic rings. The number of benzene rings is 1. The minimum absolute atomic E-state index is 0.0622. The lowest BCUT2D eigenvalue weighted by molar-refractivity contribution is -0.384. The van der Waals surface area contributed by atoms with Crippen molar-refractivity contribution in [2.75, 3.05) is 25.0 Å². The van der Waals surface area contributed by atoms with Gasteiger partial charge in [-0.1, -0.05) is 6.92 Å². The number of nitrogens with two attached hydrogens (primary N) is 1. The number of nitro benzene ring substituents is 1. The molecule has 3 N–H and O–H groups in total. The maximum atomic E-state index is 11.4. The van der Waals surface area contributed by atoms with Gasteiger partial charge in [0.2, 0.25) is 10.0 Å². The van der Waals surface area contributed by atoms with E-state index in [0.29, 0.717) is 5.69 Å². The molecule has 1 aliphatic heterocycles. The molecule has 0 spiro atoms. The van der Waals surface area contributed by atoms with E-state index in [2.05, 4.69) is 10.2 Å². The first kappa shape index (κ1) is 17.6. The third-order valence-corrected chi connectivity index (χ3v) is 4.94. The van der Waals surface area contributed by atoms with E-state index in [1.165, 1.54) is 25.0 Å². The van der Waals surface area contributed by atoms with Crippen molar-refractivity contribution in [2.24, 2.45) is 5.14 Å². The predicted molar refractivity (Wildman–Crippen MR) is 87.8 cm³/mol. The molecule has 8 nitrogen and oxygen atoms in total. The Morgan fingerprint density at radius 2 is 2.04 bits per heavy atom. The molecule has 1 fully saturated rings. The molecule has 1 saturated heterocycles. The van der Waals surface area contributed by atoms with Crippen molar-refractivity contribution >= 4 is 21.4 Å². The molecular formula is C14H22N4O4S. The Labute approximate surface area is 135 Å². The van der Waals surface area contributed by atoms with Crippen molar-refractivity contribution in [3.8, 4) is 0 Å². The molecule has 1 heterocycles. The zero-order chi connectivity index (χ0) is 17.0. The van der Waals surface area contributed by atoms with Crippen molar-refractivity contribution in [3.05, 3.63) is 28.3 Å². The molecule has 23 heavy (non-hydrogen) atoms. The van der Waals surface area contributed by atoms with Crippen LogP contribution in [-0.4, -0.2) is 43.9 Å². The molecule has 2 rings (SSSR count). The van der Waals surface area contributed by atoms with Gasteiger partial charge in [0, 0.05) is 18.7 Å². The topological polar surface area (TPSA) is 119 Å². The van der Waals surface area contributed by atoms with Crippen LogP contribution < -0.4 is 10.5 Å². The first-order valence-electron chi connectivity index (χ1n) is 7.61. The first-order chi connectivity index (χ1) is 10.8. The Bertz CT molecular complexity index is 671. The number of nitrogens with one attached hydrogen (secondary N) is 1. The summed E-state index contributed by atoms with van der Waals surface area (Å²) in [7, 11) is -3.97. The average molecular weight is 342 g/mol. The normalized spacial score (nSPS) is 17.1. The summed E-state index contributed by atoms with van der Waals surface area (Å²) in [6.07, 6.45) is 3.17. The predicted octanol–water partition coefficient (Wildman–Crippen LogP) is 1.53. The minimum atomic E-state index is -3.97. The Morgan fingerprint density at radius 3 is 2.57 bits per heavy atom. The lowest BCUT2D eigenvalue weighted by Gasteiger charge is -2.24. The number of nitrogens with zero attached hydrogens (tertiary/aromatic N) is 2. The van der Waals surface area contributed by atoms with Crippen molar-refractivity contribution < 1.29 is 13.3 Å². The number of nitro groups is 1. The maximum absolute atomic E-state index is 11.4. The fourth-order valence-electron chi connectivity index (χ4n) is 2.74. The lowest BCUT2D eigenvalue weighted by atomic mass is 10.2. The van der Waals surface area contributed by atoms with Gasteiger partial charge in [0.05, 0.1) is 9.82 Å². The molecule has 0 saturated carbocycles. The molecule has 1 unspecified atom stereocenters. The Morgan fingerprint density at radius 1 is 1.39 bits per heavy atom. The fourth-order valence-corrected chi connectivity index (χ4v) is 3.27. The first-order valence-corrected chi connectivity index (χ1v) is 9.16. The van der Waals surface area contributed by atoms with Gasteiger partial charge >= 0.3 is 0 Å². The van der Waals surface area contributed by atoms with E-state index in [9.17, 15) is 18.5 Å². The van der Waals surface area contributed by atoms with Crippen molar-refractivity contribution in [1.29, 1.82) is 0 Å². The van der Waals surface area contributed by atoms with Crippen LogP contribution in [0.5, 0.6) is 0 Å². The summed E-state index contributed by atoms with van der Waals surface area (Å²) in [6.45, 7) is 4.91. The highest BCUT2D eigenvalue weighted by molar-refractivity contribution is 7.89. The van der Waals surface area contributed by atoms with Crippen molar-refractivity contribution in [3.63, 3.8) is 0 Å². The van der Waals surface area contributed by atoms with Crippen LogP contribution in [0.1, 0.15) is 26.2 Å². The summed E-state index contributed by atoms with van der Waals surface area (Å²) in [6, 6.07) is 3.75. The largest absolute Gasteiger partial charge is 0.375 e. The third kappa shape index (κ3) is 4.63. The fraction of sp³-hybridized carbons (Fsp3) is 0.571. The number of anilines is 1. The Balaban J connectivity index is 2.21. The second kappa shape index (κ2) is 7.24. The molecule has 0 bridgehead atoms. The van der Waals surface area contributed by atoms with Crippen LogP contribution in [0.4, 0.5) is 11.4 Å². The highest BCUT2D eigenvalue weighted by atomic mass is 32.2. The Kier molecular flexibility index (Phi) is 5.55. The van der Waals surface area contributed by atoms with Gasteiger partial charge in [-0.2, -0.15) is 0 Å². The van der Waals surface area contributed by atoms with Gasteiger partial charge in [0.15, 0.2) is 0 Å². The minimum Gasteiger partial charge on any atom is -0.375 e. The molecule has 9 heteroatoms. The van der Waals surface area contributed by atoms with E-state index in [1.54, 1.807) is 0 Å². The second-order valence-corrected chi connectivity index (χ2v) is 7.30. The SMILES string of the molecule is CCC(CN1CCCC1)Nc1ccc(S(N)(=O)=O)cc1[N+](=O)[O-]. The van der Waals surface area contributed by atoms with Gasteiger partial charge in [-0.05, 0) is 44.5 Å². The standard InChI is InChI=1S/C14H22N4O4S/c1-2-11(10-17-7-3-4-8-17)16-13-6-5-12(23(15,21)22)9-14(13)18(19)20/h5-6,9,11,16H,2-4,7-8,10H2,1H3,(H2,15,21,22). The number of sulfonamides is 1. The van der Waals surface area contributed by atoms with Crippen LogP contribution in [0.3, 0.4) is 0 Å². The van der Waals surface area contributed by atoms with Crippen LogP contribution in [0.15, 0.2) is 23.1 Å². The summed E-state index contributed by atoms with van der Waals surface area (Å²) in [4.78, 5) is 12.7. The molecule has 0 radical (unpaired) electrons. The summed E-state index contributed by atoms with van der Waals surface area (Å²) >= 11 is 0. The average Bonchev–Trinajstić information content (AvgIpc) is 2.98. The van der Waals surface area contributed by atoms with E-state index in [1.807, 2.05) is 6.92 Å². The molecule has 0 aromatic heterocycles. The summed E-state index contributed by atoms with van der Waals surface area (Å²) in [5, 5.41) is 19.4. The summed E-state index contributed by atoms with van der Waals surface area (Å²) in [5.74, 6) is 0. The smallest absolute Gasteiger partial charge is 0.293 e. The van der Waals surface area contributed by atoms with E-state index < -0.39 is 14.9 Å². The van der Waals surface area contributed by atoms with Gasteiger partial charge in [0.1, 0.15) is 5.69 Å². The van der Waals surface area contributed by atoms with Gasteiger partial charge < -0.3 is 10.2 Å². The van der Waals surface area contributed by atoms with Crippen LogP contribution in [-0.2, 0) is 10.0 Å². The van der Waals surface area contributed by atoms with E-state index in [0.717, 1.165) is 32.1 Å². The number of hydrogen-bond acceptors (Lipinski definition) is 6. The van der Waals surface area contributed by atoms with Crippen molar-refractivity contribution in [2.45, 2.75) is 37.1 Å². The monoisotopic (exact) mass is 342 g/mol. The van der Waals surface area contributed by atoms with E-state index in [-0.39, 0.29) is 16.6 Å². The second-order valence-electron chi connectivity index (χ2n) is 5.74.